The van der Waals surface area contributed by atoms with Gasteiger partial charge in [-0.05, 0) is 24.8 Å². The zero-order chi connectivity index (χ0) is 18.3. The molecular weight excluding hydrogens is 356 g/mol. The first-order chi connectivity index (χ1) is 12.5. The van der Waals surface area contributed by atoms with Crippen LogP contribution in [0.25, 0.3) is 0 Å². The second-order valence-corrected chi connectivity index (χ2v) is 8.32. The first kappa shape index (κ1) is 17.5. The highest BCUT2D eigenvalue weighted by Crippen LogP contribution is 2.32. The highest BCUT2D eigenvalue weighted by atomic mass is 32.1. The van der Waals surface area contributed by atoms with Crippen molar-refractivity contribution in [1.82, 2.24) is 14.8 Å². The van der Waals surface area contributed by atoms with E-state index in [-0.39, 0.29) is 17.9 Å². The van der Waals surface area contributed by atoms with Crippen molar-refractivity contribution in [1.29, 1.82) is 0 Å². The van der Waals surface area contributed by atoms with E-state index in [1.165, 1.54) is 12.1 Å². The number of hydrogen-bond donors (Lipinski definition) is 0. The monoisotopic (exact) mass is 377 g/mol. The van der Waals surface area contributed by atoms with Crippen LogP contribution in [-0.4, -0.2) is 46.9 Å². The third-order valence-electron chi connectivity index (χ3n) is 5.34. The number of aromatic nitrogens is 1. The summed E-state index contributed by atoms with van der Waals surface area (Å²) in [5.41, 5.74) is 1.24. The van der Waals surface area contributed by atoms with Gasteiger partial charge in [0.1, 0.15) is 0 Å². The van der Waals surface area contributed by atoms with Gasteiger partial charge in [0.25, 0.3) is 0 Å². The Morgan fingerprint density at radius 3 is 2.62 bits per heavy atom. The molecule has 3 heterocycles. The molecule has 0 spiro atoms. The molecule has 0 bridgehead atoms. The Morgan fingerprint density at radius 2 is 1.96 bits per heavy atom. The Balaban J connectivity index is 1.32. The largest absolute Gasteiger partial charge is 0.342 e. The lowest BCUT2D eigenvalue weighted by atomic mass is 10.0. The van der Waals surface area contributed by atoms with Crippen LogP contribution in [-0.2, 0) is 17.8 Å². The van der Waals surface area contributed by atoms with Gasteiger partial charge >= 0.3 is 0 Å². The highest BCUT2D eigenvalue weighted by molar-refractivity contribution is 7.09. The number of thiazole rings is 1. The van der Waals surface area contributed by atoms with Crippen molar-refractivity contribution >= 4 is 17.2 Å². The fourth-order valence-electron chi connectivity index (χ4n) is 4.09. The van der Waals surface area contributed by atoms with E-state index in [1.54, 1.807) is 11.3 Å². The van der Waals surface area contributed by atoms with Crippen molar-refractivity contribution in [3.8, 4) is 0 Å². The Bertz CT molecular complexity index is 811. The minimum absolute atomic E-state index is 0.0785. The molecule has 7 heteroatoms. The molecule has 26 heavy (non-hydrogen) atoms. The summed E-state index contributed by atoms with van der Waals surface area (Å²) >= 11 is 1.67. The highest BCUT2D eigenvalue weighted by Gasteiger charge is 2.41. The van der Waals surface area contributed by atoms with Crippen molar-refractivity contribution in [3.05, 3.63) is 51.5 Å². The topological polar surface area (TPSA) is 36.4 Å². The molecule has 2 fully saturated rings. The maximum Gasteiger partial charge on any atom is 0.227 e. The quantitative estimate of drug-likeness (QED) is 0.822. The molecule has 2 aliphatic heterocycles. The van der Waals surface area contributed by atoms with Gasteiger partial charge in [-0.25, -0.2) is 13.8 Å². The number of rotatable bonds is 4. The number of carbonyl (C=O) groups is 1. The number of benzene rings is 1. The lowest BCUT2D eigenvalue weighted by molar-refractivity contribution is -0.129. The summed E-state index contributed by atoms with van der Waals surface area (Å²) in [6.45, 7) is 6.19. The molecule has 1 amide bonds. The summed E-state index contributed by atoms with van der Waals surface area (Å²) in [6.07, 6.45) is -0.0785. The van der Waals surface area contributed by atoms with Gasteiger partial charge in [-0.2, -0.15) is 0 Å². The van der Waals surface area contributed by atoms with E-state index >= 15 is 0 Å². The lowest BCUT2D eigenvalue weighted by Crippen LogP contribution is -2.34. The zero-order valence-electron chi connectivity index (χ0n) is 14.6. The van der Waals surface area contributed by atoms with E-state index in [0.29, 0.717) is 24.9 Å². The van der Waals surface area contributed by atoms with Crippen molar-refractivity contribution in [3.63, 3.8) is 0 Å². The molecule has 0 saturated carbocycles. The molecule has 138 valence electrons. The summed E-state index contributed by atoms with van der Waals surface area (Å²) in [5, 5.41) is 3.19. The molecule has 0 radical (unpaired) electrons. The standard InChI is InChI=1S/C19H21F2N3OS/c1-12-22-16(11-26-12)10-23-6-14-8-24(9-15(14)7-23)18(25)5-13-3-2-4-17(20)19(13)21/h2-4,11,14-15H,5-10H2,1H3/t14-,15+. The van der Waals surface area contributed by atoms with Gasteiger partial charge in [0.2, 0.25) is 5.91 Å². The van der Waals surface area contributed by atoms with Gasteiger partial charge in [-0.3, -0.25) is 9.69 Å². The molecule has 1 aromatic heterocycles. The fraction of sp³-hybridized carbons (Fsp3) is 0.474. The summed E-state index contributed by atoms with van der Waals surface area (Å²) in [4.78, 5) is 21.2. The number of likely N-dealkylation sites (tertiary alicyclic amines) is 2. The summed E-state index contributed by atoms with van der Waals surface area (Å²) in [6, 6.07) is 3.99. The van der Waals surface area contributed by atoms with Gasteiger partial charge in [0, 0.05) is 43.7 Å². The molecule has 0 N–H and O–H groups in total. The van der Waals surface area contributed by atoms with Crippen LogP contribution in [0.3, 0.4) is 0 Å². The number of amides is 1. The van der Waals surface area contributed by atoms with E-state index in [4.69, 9.17) is 0 Å². The Morgan fingerprint density at radius 1 is 1.23 bits per heavy atom. The molecule has 0 unspecified atom stereocenters. The molecule has 0 aliphatic carbocycles. The minimum Gasteiger partial charge on any atom is -0.342 e. The zero-order valence-corrected chi connectivity index (χ0v) is 15.4. The van der Waals surface area contributed by atoms with E-state index in [1.807, 2.05) is 11.8 Å². The van der Waals surface area contributed by atoms with Crippen LogP contribution in [0.1, 0.15) is 16.3 Å². The van der Waals surface area contributed by atoms with Crippen LogP contribution >= 0.6 is 11.3 Å². The van der Waals surface area contributed by atoms with Crippen LogP contribution in [0.4, 0.5) is 8.78 Å². The maximum absolute atomic E-state index is 13.8. The van der Waals surface area contributed by atoms with Crippen LogP contribution in [0.15, 0.2) is 23.6 Å². The van der Waals surface area contributed by atoms with Crippen molar-refractivity contribution in [2.24, 2.45) is 11.8 Å². The van der Waals surface area contributed by atoms with E-state index < -0.39 is 11.6 Å². The second kappa shape index (κ2) is 7.04. The molecule has 4 rings (SSSR count). The van der Waals surface area contributed by atoms with Crippen molar-refractivity contribution in [2.75, 3.05) is 26.2 Å². The molecule has 2 aromatic rings. The minimum atomic E-state index is -0.912. The van der Waals surface area contributed by atoms with Gasteiger partial charge in [-0.15, -0.1) is 11.3 Å². The molecule has 2 atom stereocenters. The van der Waals surface area contributed by atoms with Crippen LogP contribution < -0.4 is 0 Å². The third kappa shape index (κ3) is 3.50. The van der Waals surface area contributed by atoms with Gasteiger partial charge in [-0.1, -0.05) is 12.1 Å². The van der Waals surface area contributed by atoms with Crippen LogP contribution in [0.2, 0.25) is 0 Å². The number of nitrogens with zero attached hydrogens (tertiary/aromatic N) is 3. The third-order valence-corrected chi connectivity index (χ3v) is 6.16. The lowest BCUT2D eigenvalue weighted by Gasteiger charge is -2.21. The second-order valence-electron chi connectivity index (χ2n) is 7.26. The first-order valence-corrected chi connectivity index (χ1v) is 9.71. The van der Waals surface area contributed by atoms with Gasteiger partial charge in [0.15, 0.2) is 11.6 Å². The molecular formula is C19H21F2N3OS. The predicted octanol–water partition coefficient (Wildman–Crippen LogP) is 2.86. The SMILES string of the molecule is Cc1nc(CN2C[C@@H]3CN(C(=O)Cc4cccc(F)c4F)C[C@@H]3C2)cs1. The van der Waals surface area contributed by atoms with Gasteiger partial charge in [0.05, 0.1) is 17.1 Å². The number of halogens is 2. The number of fused-ring (bicyclic) bond motifs is 1. The Hall–Kier alpha value is -1.86. The normalized spacial score (nSPS) is 22.8. The summed E-state index contributed by atoms with van der Waals surface area (Å²) in [5.74, 6) is -1.02. The molecule has 1 aromatic carbocycles. The van der Waals surface area contributed by atoms with E-state index in [2.05, 4.69) is 15.3 Å². The van der Waals surface area contributed by atoms with Gasteiger partial charge < -0.3 is 4.90 Å². The fourth-order valence-corrected chi connectivity index (χ4v) is 4.70. The van der Waals surface area contributed by atoms with Crippen molar-refractivity contribution < 1.29 is 13.6 Å². The Kier molecular flexibility index (Phi) is 4.75. The summed E-state index contributed by atoms with van der Waals surface area (Å²) < 4.78 is 27.1. The van der Waals surface area contributed by atoms with E-state index in [0.717, 1.165) is 36.4 Å². The smallest absolute Gasteiger partial charge is 0.227 e. The predicted molar refractivity (Wildman–Crippen MR) is 95.8 cm³/mol. The van der Waals surface area contributed by atoms with Crippen LogP contribution in [0.5, 0.6) is 0 Å². The molecule has 2 saturated heterocycles. The molecule has 2 aliphatic rings. The number of carbonyl (C=O) groups excluding carboxylic acids is 1. The van der Waals surface area contributed by atoms with Crippen LogP contribution in [0, 0.1) is 30.4 Å². The Labute approximate surface area is 155 Å². The maximum atomic E-state index is 13.8. The first-order valence-electron chi connectivity index (χ1n) is 8.83. The number of hydrogen-bond acceptors (Lipinski definition) is 4. The summed E-state index contributed by atoms with van der Waals surface area (Å²) in [7, 11) is 0. The average Bonchev–Trinajstić information content (AvgIpc) is 3.27. The number of aryl methyl sites for hydroxylation is 1. The average molecular weight is 377 g/mol. The molecule has 4 nitrogen and oxygen atoms in total. The van der Waals surface area contributed by atoms with Crippen molar-refractivity contribution in [2.45, 2.75) is 19.9 Å². The van der Waals surface area contributed by atoms with E-state index in [9.17, 15) is 13.6 Å².